The Morgan fingerprint density at radius 3 is 1.59 bits per heavy atom. The normalized spacial score (nSPS) is 23.6. The van der Waals surface area contributed by atoms with Crippen molar-refractivity contribution in [1.82, 2.24) is 0 Å². The van der Waals surface area contributed by atoms with Crippen molar-refractivity contribution in [3.8, 4) is 0 Å². The molecule has 1 saturated carbocycles. The predicted octanol–water partition coefficient (Wildman–Crippen LogP) is 7.75. The van der Waals surface area contributed by atoms with Crippen LogP contribution in [0.5, 0.6) is 0 Å². The van der Waals surface area contributed by atoms with E-state index in [4.69, 9.17) is 18.5 Å². The molecule has 0 saturated heterocycles. The molecule has 0 aromatic rings. The molecule has 12 nitrogen and oxygen atoms in total. The van der Waals surface area contributed by atoms with E-state index < -0.39 is 63.1 Å². The largest absolute Gasteiger partial charge is 0.472 e. The molecule has 6 N–H and O–H groups in total. The maximum atomic E-state index is 12.8. The average molecular weight is 793 g/mol. The number of ether oxygens (including phenoxy) is 2. The van der Waals surface area contributed by atoms with E-state index in [1.54, 1.807) is 0 Å². The zero-order chi connectivity index (χ0) is 39.9. The summed E-state index contributed by atoms with van der Waals surface area (Å²) in [7, 11) is -5.01. The Kier molecular flexibility index (Phi) is 30.9. The molecule has 54 heavy (non-hydrogen) atoms. The van der Waals surface area contributed by atoms with Crippen LogP contribution in [0.3, 0.4) is 0 Å². The molecule has 1 aliphatic carbocycles. The third-order valence-electron chi connectivity index (χ3n) is 9.83. The van der Waals surface area contributed by atoms with Gasteiger partial charge in [-0.25, -0.2) is 4.57 Å². The SMILES string of the molecule is CCCCC/C=C\C/C=C\CCCCCCCC(=O)OC(COCCCCCCCCCCCCCC)COP(=O)(O)OC1C(O)C(O)C(O)C(O)C1O. The highest BCUT2D eigenvalue weighted by atomic mass is 31.2. The maximum Gasteiger partial charge on any atom is 0.472 e. The molecule has 0 aromatic carbocycles. The highest BCUT2D eigenvalue weighted by molar-refractivity contribution is 7.47. The Morgan fingerprint density at radius 2 is 1.04 bits per heavy atom. The summed E-state index contributed by atoms with van der Waals surface area (Å²) in [5, 5.41) is 50.0. The summed E-state index contributed by atoms with van der Waals surface area (Å²) >= 11 is 0. The van der Waals surface area contributed by atoms with Crippen LogP contribution in [0, 0.1) is 0 Å². The second-order valence-corrected chi connectivity index (χ2v) is 16.3. The number of phosphoric acid groups is 1. The fourth-order valence-corrected chi connectivity index (χ4v) is 7.36. The fourth-order valence-electron chi connectivity index (χ4n) is 6.38. The van der Waals surface area contributed by atoms with E-state index in [2.05, 4.69) is 38.2 Å². The van der Waals surface area contributed by atoms with E-state index >= 15 is 0 Å². The molecule has 0 aliphatic heterocycles. The monoisotopic (exact) mass is 793 g/mol. The molecular weight excluding hydrogens is 715 g/mol. The molecule has 1 aliphatic rings. The van der Waals surface area contributed by atoms with Crippen LogP contribution in [-0.4, -0.2) is 98.9 Å². The summed E-state index contributed by atoms with van der Waals surface area (Å²) in [6.07, 6.45) is 22.5. The highest BCUT2D eigenvalue weighted by Crippen LogP contribution is 2.47. The minimum Gasteiger partial charge on any atom is -0.457 e. The van der Waals surface area contributed by atoms with Crippen molar-refractivity contribution in [1.29, 1.82) is 0 Å². The number of hydrogen-bond acceptors (Lipinski definition) is 11. The summed E-state index contributed by atoms with van der Waals surface area (Å²) in [5.74, 6) is -0.490. The molecule has 1 rings (SSSR count). The number of rotatable bonds is 35. The topological polar surface area (TPSA) is 192 Å². The molecule has 0 heterocycles. The molecule has 13 heteroatoms. The molecular formula is C41H77O12P. The van der Waals surface area contributed by atoms with E-state index in [-0.39, 0.29) is 13.0 Å². The Morgan fingerprint density at radius 1 is 0.593 bits per heavy atom. The lowest BCUT2D eigenvalue weighted by atomic mass is 9.85. The van der Waals surface area contributed by atoms with Crippen molar-refractivity contribution in [3.63, 3.8) is 0 Å². The third-order valence-corrected chi connectivity index (χ3v) is 10.8. The summed E-state index contributed by atoms with van der Waals surface area (Å²) in [4.78, 5) is 23.1. The van der Waals surface area contributed by atoms with Crippen LogP contribution in [0.2, 0.25) is 0 Å². The smallest absolute Gasteiger partial charge is 0.457 e. The number of hydrogen-bond donors (Lipinski definition) is 6. The van der Waals surface area contributed by atoms with Gasteiger partial charge in [0.2, 0.25) is 0 Å². The van der Waals surface area contributed by atoms with Gasteiger partial charge in [-0.3, -0.25) is 13.8 Å². The molecule has 6 unspecified atom stereocenters. The van der Waals surface area contributed by atoms with Gasteiger partial charge in [-0.15, -0.1) is 0 Å². The third kappa shape index (κ3) is 25.1. The zero-order valence-corrected chi connectivity index (χ0v) is 34.4. The van der Waals surface area contributed by atoms with Crippen LogP contribution >= 0.6 is 7.82 Å². The first kappa shape index (κ1) is 50.8. The van der Waals surface area contributed by atoms with Crippen molar-refractivity contribution in [2.24, 2.45) is 0 Å². The van der Waals surface area contributed by atoms with Gasteiger partial charge in [0.25, 0.3) is 0 Å². The molecule has 0 aromatic heterocycles. The first-order chi connectivity index (χ1) is 26.0. The summed E-state index contributed by atoms with van der Waals surface area (Å²) < 4.78 is 34.0. The number of aliphatic hydroxyl groups is 5. The number of phosphoric ester groups is 1. The van der Waals surface area contributed by atoms with Crippen molar-refractivity contribution in [2.75, 3.05) is 19.8 Å². The van der Waals surface area contributed by atoms with Crippen LogP contribution in [0.1, 0.15) is 168 Å². The second-order valence-electron chi connectivity index (χ2n) is 14.8. The van der Waals surface area contributed by atoms with Gasteiger partial charge < -0.3 is 39.9 Å². The molecule has 0 bridgehead atoms. The summed E-state index contributed by atoms with van der Waals surface area (Å²) in [6.45, 7) is 4.20. The van der Waals surface area contributed by atoms with Crippen molar-refractivity contribution >= 4 is 13.8 Å². The van der Waals surface area contributed by atoms with Crippen molar-refractivity contribution < 1.29 is 58.3 Å². The van der Waals surface area contributed by atoms with Crippen LogP contribution in [0.25, 0.3) is 0 Å². The number of aliphatic hydroxyl groups excluding tert-OH is 5. The molecule has 0 radical (unpaired) electrons. The first-order valence-electron chi connectivity index (χ1n) is 21.2. The molecule has 6 atom stereocenters. The van der Waals surface area contributed by atoms with Gasteiger partial charge in [0.15, 0.2) is 0 Å². The zero-order valence-electron chi connectivity index (χ0n) is 33.5. The maximum absolute atomic E-state index is 12.8. The number of esters is 1. The minimum absolute atomic E-state index is 0.0791. The fraction of sp³-hybridized carbons (Fsp3) is 0.878. The molecule has 318 valence electrons. The quantitative estimate of drug-likeness (QED) is 0.0159. The Bertz CT molecular complexity index is 995. The van der Waals surface area contributed by atoms with Gasteiger partial charge in [-0.05, 0) is 44.9 Å². The van der Waals surface area contributed by atoms with Gasteiger partial charge in [-0.1, -0.05) is 141 Å². The highest BCUT2D eigenvalue weighted by Gasteiger charge is 2.51. The van der Waals surface area contributed by atoms with Gasteiger partial charge in [-0.2, -0.15) is 0 Å². The predicted molar refractivity (Wildman–Crippen MR) is 212 cm³/mol. The van der Waals surface area contributed by atoms with Crippen LogP contribution < -0.4 is 0 Å². The Hall–Kier alpha value is -1.18. The van der Waals surface area contributed by atoms with Crippen LogP contribution in [-0.2, 0) is 27.9 Å². The second kappa shape index (κ2) is 32.9. The van der Waals surface area contributed by atoms with E-state index in [0.717, 1.165) is 64.2 Å². The lowest BCUT2D eigenvalue weighted by Gasteiger charge is -2.41. The van der Waals surface area contributed by atoms with Gasteiger partial charge in [0.1, 0.15) is 42.7 Å². The van der Waals surface area contributed by atoms with E-state index in [1.807, 2.05) is 0 Å². The molecule has 1 fully saturated rings. The van der Waals surface area contributed by atoms with Gasteiger partial charge in [0.05, 0.1) is 13.2 Å². The summed E-state index contributed by atoms with van der Waals surface area (Å²) in [5.41, 5.74) is 0. The Balaban J connectivity index is 2.45. The lowest BCUT2D eigenvalue weighted by molar-refractivity contribution is -0.220. The average Bonchev–Trinajstić information content (AvgIpc) is 3.15. The summed E-state index contributed by atoms with van der Waals surface area (Å²) in [6, 6.07) is 0. The van der Waals surface area contributed by atoms with Gasteiger partial charge in [0, 0.05) is 13.0 Å². The van der Waals surface area contributed by atoms with Crippen molar-refractivity contribution in [3.05, 3.63) is 24.3 Å². The standard InChI is InChI=1S/C41H77O12P/c1-3-5-7-9-11-13-15-17-18-19-20-22-24-26-28-30-35(42)52-34(32-50-31-29-27-25-23-21-16-14-12-10-8-6-4-2)33-51-54(48,49)53-41-39(46)37(44)36(43)38(45)40(41)47/h11,13,17-18,34,36-41,43-47H,3-10,12,14-16,19-33H2,1-2H3,(H,48,49)/b13-11-,18-17-. The molecule has 0 spiro atoms. The van der Waals surface area contributed by atoms with E-state index in [9.17, 15) is 39.8 Å². The van der Waals surface area contributed by atoms with E-state index in [1.165, 1.54) is 77.0 Å². The lowest BCUT2D eigenvalue weighted by Crippen LogP contribution is -2.64. The van der Waals surface area contributed by atoms with Crippen LogP contribution in [0.4, 0.5) is 0 Å². The van der Waals surface area contributed by atoms with Crippen LogP contribution in [0.15, 0.2) is 24.3 Å². The number of allylic oxidation sites excluding steroid dienone is 4. The van der Waals surface area contributed by atoms with E-state index in [0.29, 0.717) is 13.0 Å². The number of carbonyl (C=O) groups is 1. The molecule has 0 amide bonds. The Labute approximate surface area is 326 Å². The number of carbonyl (C=O) groups excluding carboxylic acids is 1. The van der Waals surface area contributed by atoms with Gasteiger partial charge >= 0.3 is 13.8 Å². The minimum atomic E-state index is -5.01. The van der Waals surface area contributed by atoms with Crippen molar-refractivity contribution in [2.45, 2.75) is 211 Å². The first-order valence-corrected chi connectivity index (χ1v) is 22.7. The number of unbranched alkanes of at least 4 members (excludes halogenated alkanes) is 19.